The van der Waals surface area contributed by atoms with Gasteiger partial charge in [-0.05, 0) is 43.5 Å². The SMILES string of the molecule is CCNC(=NCC1CCN(c2cccc(OC)c2)C1)N(C)Cc1cccn1C.I. The third kappa shape index (κ3) is 6.29. The van der Waals surface area contributed by atoms with Crippen LogP contribution in [-0.4, -0.2) is 55.8 Å². The first-order valence-corrected chi connectivity index (χ1v) is 10.1. The van der Waals surface area contributed by atoms with Crippen molar-refractivity contribution in [3.63, 3.8) is 0 Å². The summed E-state index contributed by atoms with van der Waals surface area (Å²) in [6.45, 7) is 6.79. The van der Waals surface area contributed by atoms with Crippen molar-refractivity contribution in [1.29, 1.82) is 0 Å². The van der Waals surface area contributed by atoms with E-state index in [1.165, 1.54) is 17.8 Å². The number of benzene rings is 1. The number of ether oxygens (including phenoxy) is 1. The van der Waals surface area contributed by atoms with E-state index in [0.29, 0.717) is 5.92 Å². The normalized spacial score (nSPS) is 16.5. The van der Waals surface area contributed by atoms with Crippen LogP contribution in [0.3, 0.4) is 0 Å². The molecule has 1 aromatic heterocycles. The van der Waals surface area contributed by atoms with E-state index in [-0.39, 0.29) is 24.0 Å². The van der Waals surface area contributed by atoms with Gasteiger partial charge in [0.1, 0.15) is 5.75 Å². The molecule has 6 nitrogen and oxygen atoms in total. The minimum absolute atomic E-state index is 0. The number of halogens is 1. The van der Waals surface area contributed by atoms with Crippen molar-refractivity contribution in [2.45, 2.75) is 19.9 Å². The van der Waals surface area contributed by atoms with Gasteiger partial charge in [-0.25, -0.2) is 0 Å². The van der Waals surface area contributed by atoms with Gasteiger partial charge in [0.15, 0.2) is 5.96 Å². The maximum Gasteiger partial charge on any atom is 0.194 e. The summed E-state index contributed by atoms with van der Waals surface area (Å²) in [5.74, 6) is 2.46. The molecular formula is C22H34IN5O. The van der Waals surface area contributed by atoms with E-state index in [9.17, 15) is 0 Å². The predicted octanol–water partition coefficient (Wildman–Crippen LogP) is 3.58. The molecule has 160 valence electrons. The van der Waals surface area contributed by atoms with E-state index in [2.05, 4.69) is 77.2 Å². The molecule has 2 aromatic rings. The Bertz CT molecular complexity index is 791. The Morgan fingerprint density at radius 2 is 2.14 bits per heavy atom. The van der Waals surface area contributed by atoms with Crippen LogP contribution in [0, 0.1) is 5.92 Å². The van der Waals surface area contributed by atoms with Crippen LogP contribution in [0.1, 0.15) is 19.0 Å². The number of anilines is 1. The van der Waals surface area contributed by atoms with E-state index in [4.69, 9.17) is 9.73 Å². The third-order valence-electron chi connectivity index (χ3n) is 5.35. The molecule has 1 aromatic carbocycles. The molecule has 0 radical (unpaired) electrons. The molecule has 29 heavy (non-hydrogen) atoms. The minimum atomic E-state index is 0. The maximum atomic E-state index is 5.36. The molecule has 1 aliphatic heterocycles. The first kappa shape index (κ1) is 23.4. The molecule has 0 bridgehead atoms. The van der Waals surface area contributed by atoms with Crippen LogP contribution < -0.4 is 15.0 Å². The van der Waals surface area contributed by atoms with Gasteiger partial charge in [0, 0.05) is 63.9 Å². The van der Waals surface area contributed by atoms with Crippen molar-refractivity contribution in [3.8, 4) is 5.75 Å². The van der Waals surface area contributed by atoms with Crippen LogP contribution in [0.2, 0.25) is 0 Å². The van der Waals surface area contributed by atoms with Gasteiger partial charge in [-0.1, -0.05) is 6.07 Å². The number of hydrogen-bond donors (Lipinski definition) is 1. The van der Waals surface area contributed by atoms with Crippen LogP contribution >= 0.6 is 24.0 Å². The van der Waals surface area contributed by atoms with Crippen LogP contribution in [0.15, 0.2) is 47.6 Å². The standard InChI is InChI=1S/C22H33N5O.HI/c1-5-23-22(26(3)17-20-9-7-12-25(20)2)24-15-18-11-13-27(16-18)19-8-6-10-21(14-19)28-4;/h6-10,12,14,18H,5,11,13,15-17H2,1-4H3,(H,23,24);1H. The molecule has 0 aliphatic carbocycles. The fraction of sp³-hybridized carbons (Fsp3) is 0.500. The smallest absolute Gasteiger partial charge is 0.194 e. The molecule has 1 unspecified atom stereocenters. The number of aryl methyl sites for hydroxylation is 1. The summed E-state index contributed by atoms with van der Waals surface area (Å²) in [7, 11) is 5.90. The van der Waals surface area contributed by atoms with Gasteiger partial charge in [-0.15, -0.1) is 24.0 Å². The molecule has 1 aliphatic rings. The Morgan fingerprint density at radius 3 is 2.83 bits per heavy atom. The van der Waals surface area contributed by atoms with Gasteiger partial charge in [0.25, 0.3) is 0 Å². The lowest BCUT2D eigenvalue weighted by molar-refractivity contribution is 0.415. The van der Waals surface area contributed by atoms with Gasteiger partial charge < -0.3 is 24.4 Å². The molecule has 1 saturated heterocycles. The number of rotatable bonds is 7. The van der Waals surface area contributed by atoms with Crippen LogP contribution in [-0.2, 0) is 13.6 Å². The average Bonchev–Trinajstić information content (AvgIpc) is 3.34. The molecular weight excluding hydrogens is 477 g/mol. The second-order valence-electron chi connectivity index (χ2n) is 7.46. The summed E-state index contributed by atoms with van der Waals surface area (Å²) in [6, 6.07) is 12.6. The number of aromatic nitrogens is 1. The van der Waals surface area contributed by atoms with Gasteiger partial charge >= 0.3 is 0 Å². The van der Waals surface area contributed by atoms with Crippen LogP contribution in [0.5, 0.6) is 5.75 Å². The third-order valence-corrected chi connectivity index (χ3v) is 5.35. The monoisotopic (exact) mass is 511 g/mol. The Kier molecular flexibility index (Phi) is 9.13. The van der Waals surface area contributed by atoms with Gasteiger partial charge in [-0.3, -0.25) is 4.99 Å². The lowest BCUT2D eigenvalue weighted by atomic mass is 10.1. The summed E-state index contributed by atoms with van der Waals surface area (Å²) in [5, 5.41) is 3.43. The number of methoxy groups -OCH3 is 1. The van der Waals surface area contributed by atoms with Crippen molar-refractivity contribution in [3.05, 3.63) is 48.3 Å². The van der Waals surface area contributed by atoms with Crippen molar-refractivity contribution in [1.82, 2.24) is 14.8 Å². The quantitative estimate of drug-likeness (QED) is 0.351. The number of nitrogens with zero attached hydrogens (tertiary/aromatic N) is 4. The average molecular weight is 511 g/mol. The van der Waals surface area contributed by atoms with E-state index in [0.717, 1.165) is 44.4 Å². The van der Waals surface area contributed by atoms with Crippen LogP contribution in [0.25, 0.3) is 0 Å². The predicted molar refractivity (Wildman–Crippen MR) is 132 cm³/mol. The van der Waals surface area contributed by atoms with E-state index in [1.54, 1.807) is 7.11 Å². The Morgan fingerprint density at radius 1 is 1.31 bits per heavy atom. The number of guanidine groups is 1. The minimum Gasteiger partial charge on any atom is -0.497 e. The van der Waals surface area contributed by atoms with E-state index < -0.39 is 0 Å². The molecule has 7 heteroatoms. The van der Waals surface area contributed by atoms with Crippen LogP contribution in [0.4, 0.5) is 5.69 Å². The highest BCUT2D eigenvalue weighted by molar-refractivity contribution is 14.0. The molecule has 1 N–H and O–H groups in total. The van der Waals surface area contributed by atoms with Gasteiger partial charge in [-0.2, -0.15) is 0 Å². The summed E-state index contributed by atoms with van der Waals surface area (Å²) < 4.78 is 7.52. The topological polar surface area (TPSA) is 45.0 Å². The summed E-state index contributed by atoms with van der Waals surface area (Å²) in [6.07, 6.45) is 3.25. The number of nitrogens with one attached hydrogen (secondary N) is 1. The molecule has 0 spiro atoms. The zero-order chi connectivity index (χ0) is 19.9. The zero-order valence-corrected chi connectivity index (χ0v) is 20.3. The second kappa shape index (κ2) is 11.3. The van der Waals surface area contributed by atoms with Crippen molar-refractivity contribution >= 4 is 35.6 Å². The Labute approximate surface area is 192 Å². The fourth-order valence-electron chi connectivity index (χ4n) is 3.69. The van der Waals surface area contributed by atoms with Crippen molar-refractivity contribution < 1.29 is 4.74 Å². The largest absolute Gasteiger partial charge is 0.497 e. The van der Waals surface area contributed by atoms with Gasteiger partial charge in [0.05, 0.1) is 13.7 Å². The highest BCUT2D eigenvalue weighted by Gasteiger charge is 2.23. The summed E-state index contributed by atoms with van der Waals surface area (Å²) in [5.41, 5.74) is 2.51. The summed E-state index contributed by atoms with van der Waals surface area (Å²) >= 11 is 0. The Balaban J connectivity index is 0.00000300. The van der Waals surface area contributed by atoms with E-state index >= 15 is 0 Å². The number of hydrogen-bond acceptors (Lipinski definition) is 3. The molecule has 1 atom stereocenters. The maximum absolute atomic E-state index is 5.36. The van der Waals surface area contributed by atoms with Crippen molar-refractivity contribution in [2.75, 3.05) is 45.2 Å². The molecule has 1 fully saturated rings. The molecule has 0 amide bonds. The highest BCUT2D eigenvalue weighted by Crippen LogP contribution is 2.27. The Hall–Kier alpha value is -1.90. The first-order valence-electron chi connectivity index (χ1n) is 10.1. The summed E-state index contributed by atoms with van der Waals surface area (Å²) in [4.78, 5) is 9.57. The highest BCUT2D eigenvalue weighted by atomic mass is 127. The first-order chi connectivity index (χ1) is 13.6. The molecule has 3 rings (SSSR count). The van der Waals surface area contributed by atoms with Gasteiger partial charge in [0.2, 0.25) is 0 Å². The fourth-order valence-corrected chi connectivity index (χ4v) is 3.69. The van der Waals surface area contributed by atoms with Crippen molar-refractivity contribution in [2.24, 2.45) is 18.0 Å². The number of aliphatic imine (C=N–C) groups is 1. The molecule has 0 saturated carbocycles. The molecule has 2 heterocycles. The lowest BCUT2D eigenvalue weighted by Gasteiger charge is -2.23. The lowest BCUT2D eigenvalue weighted by Crippen LogP contribution is -2.39. The zero-order valence-electron chi connectivity index (χ0n) is 18.0. The second-order valence-corrected chi connectivity index (χ2v) is 7.46. The van der Waals surface area contributed by atoms with E-state index in [1.807, 2.05) is 6.07 Å².